The van der Waals surface area contributed by atoms with Gasteiger partial charge in [0.15, 0.2) is 0 Å². The number of nitrogens with zero attached hydrogens (tertiary/aromatic N) is 2. The number of halogens is 2. The van der Waals surface area contributed by atoms with Gasteiger partial charge < -0.3 is 10.0 Å². The topological polar surface area (TPSA) is 53.4 Å². The first-order valence-electron chi connectivity index (χ1n) is 4.19. The Hall–Kier alpha value is -1.72. The molecule has 82 valence electrons. The van der Waals surface area contributed by atoms with E-state index in [1.807, 2.05) is 0 Å². The van der Waals surface area contributed by atoms with Gasteiger partial charge in [-0.3, -0.25) is 9.78 Å². The molecular formula is C9H10F2N2O2. The van der Waals surface area contributed by atoms with Gasteiger partial charge in [0.25, 0.3) is 12.3 Å². The molecule has 0 unspecified atom stereocenters. The molecule has 0 aliphatic heterocycles. The lowest BCUT2D eigenvalue weighted by molar-refractivity contribution is 0.0617. The number of amides is 1. The molecule has 0 aliphatic rings. The normalized spacial score (nSPS) is 10.4. The minimum atomic E-state index is -2.59. The van der Waals surface area contributed by atoms with Crippen LogP contribution >= 0.6 is 0 Å². The Morgan fingerprint density at radius 1 is 1.67 bits per heavy atom. The van der Waals surface area contributed by atoms with Crippen molar-refractivity contribution in [3.05, 3.63) is 24.0 Å². The molecule has 6 heteroatoms. The highest BCUT2D eigenvalue weighted by molar-refractivity contribution is 5.96. The maximum absolute atomic E-state index is 12.0. The van der Waals surface area contributed by atoms with Crippen molar-refractivity contribution in [3.8, 4) is 5.75 Å². The number of alkyl halides is 2. The van der Waals surface area contributed by atoms with E-state index in [1.165, 1.54) is 19.3 Å². The molecule has 4 nitrogen and oxygen atoms in total. The molecule has 0 aliphatic carbocycles. The van der Waals surface area contributed by atoms with Crippen molar-refractivity contribution in [2.24, 2.45) is 0 Å². The van der Waals surface area contributed by atoms with Crippen molar-refractivity contribution in [2.45, 2.75) is 6.43 Å². The van der Waals surface area contributed by atoms with E-state index in [1.54, 1.807) is 0 Å². The quantitative estimate of drug-likeness (QED) is 0.823. The molecule has 15 heavy (non-hydrogen) atoms. The number of carbonyl (C=O) groups is 1. The monoisotopic (exact) mass is 216 g/mol. The predicted molar refractivity (Wildman–Crippen MR) is 48.9 cm³/mol. The van der Waals surface area contributed by atoms with Gasteiger partial charge in [0.05, 0.1) is 18.3 Å². The lowest BCUT2D eigenvalue weighted by Crippen LogP contribution is -2.31. The third-order valence-electron chi connectivity index (χ3n) is 1.79. The van der Waals surface area contributed by atoms with Crippen LogP contribution in [0, 0.1) is 0 Å². The highest BCUT2D eigenvalue weighted by atomic mass is 19.3. The smallest absolute Gasteiger partial charge is 0.257 e. The highest BCUT2D eigenvalue weighted by Crippen LogP contribution is 2.16. The van der Waals surface area contributed by atoms with Gasteiger partial charge in [0.2, 0.25) is 0 Å². The number of aromatic hydroxyl groups is 1. The van der Waals surface area contributed by atoms with Gasteiger partial charge in [-0.05, 0) is 6.07 Å². The van der Waals surface area contributed by atoms with Crippen molar-refractivity contribution in [3.63, 3.8) is 0 Å². The standard InChI is InChI=1S/C9H10F2N2O2/c1-13(5-8(10)11)9(15)6-2-3-12-4-7(6)14/h2-4,8,14H,5H2,1H3. The van der Waals surface area contributed by atoms with Crippen molar-refractivity contribution < 1.29 is 18.7 Å². The first-order chi connectivity index (χ1) is 7.02. The first kappa shape index (κ1) is 11.4. The van der Waals surface area contributed by atoms with E-state index < -0.39 is 18.9 Å². The minimum Gasteiger partial charge on any atom is -0.505 e. The minimum absolute atomic E-state index is 0.0341. The molecule has 0 aromatic carbocycles. The number of hydrogen-bond donors (Lipinski definition) is 1. The first-order valence-corrected chi connectivity index (χ1v) is 4.19. The maximum Gasteiger partial charge on any atom is 0.257 e. The van der Waals surface area contributed by atoms with Crippen LogP contribution in [0.15, 0.2) is 18.5 Å². The average Bonchev–Trinajstić information content (AvgIpc) is 2.16. The Kier molecular flexibility index (Phi) is 3.54. The van der Waals surface area contributed by atoms with Crippen molar-refractivity contribution in [2.75, 3.05) is 13.6 Å². The fraction of sp³-hybridized carbons (Fsp3) is 0.333. The van der Waals surface area contributed by atoms with E-state index in [0.717, 1.165) is 11.1 Å². The lowest BCUT2D eigenvalue weighted by atomic mass is 10.2. The Morgan fingerprint density at radius 2 is 2.33 bits per heavy atom. The molecule has 1 N–H and O–H groups in total. The van der Waals surface area contributed by atoms with Gasteiger partial charge in [-0.25, -0.2) is 8.78 Å². The molecule has 0 bridgehead atoms. The summed E-state index contributed by atoms with van der Waals surface area (Å²) in [7, 11) is 1.24. The van der Waals surface area contributed by atoms with Crippen LogP contribution in [0.1, 0.15) is 10.4 Å². The molecule has 1 aromatic rings. The molecule has 0 atom stereocenters. The summed E-state index contributed by atoms with van der Waals surface area (Å²) in [6, 6.07) is 1.28. The summed E-state index contributed by atoms with van der Waals surface area (Å²) >= 11 is 0. The summed E-state index contributed by atoms with van der Waals surface area (Å²) in [6.07, 6.45) is -0.199. The van der Waals surface area contributed by atoms with Crippen molar-refractivity contribution in [1.29, 1.82) is 0 Å². The largest absolute Gasteiger partial charge is 0.505 e. The number of pyridine rings is 1. The van der Waals surface area contributed by atoms with Gasteiger partial charge in [-0.15, -0.1) is 0 Å². The summed E-state index contributed by atoms with van der Waals surface area (Å²) in [5.41, 5.74) is -0.0341. The molecule has 1 heterocycles. The number of aromatic nitrogens is 1. The van der Waals surface area contributed by atoms with Crippen molar-refractivity contribution >= 4 is 5.91 Å². The molecule has 0 fully saturated rings. The fourth-order valence-electron chi connectivity index (χ4n) is 1.06. The zero-order chi connectivity index (χ0) is 11.4. The summed E-state index contributed by atoms with van der Waals surface area (Å²) in [4.78, 5) is 15.9. The van der Waals surface area contributed by atoms with Crippen LogP contribution in [0.4, 0.5) is 8.78 Å². The van der Waals surface area contributed by atoms with Crippen LogP contribution in [0.2, 0.25) is 0 Å². The van der Waals surface area contributed by atoms with Gasteiger partial charge in [-0.1, -0.05) is 0 Å². The summed E-state index contributed by atoms with van der Waals surface area (Å²) in [5.74, 6) is -0.973. The van der Waals surface area contributed by atoms with Crippen LogP contribution < -0.4 is 0 Å². The average molecular weight is 216 g/mol. The van der Waals surface area contributed by atoms with Gasteiger partial charge in [0.1, 0.15) is 5.75 Å². The molecule has 1 rings (SSSR count). The molecule has 1 aromatic heterocycles. The zero-order valence-electron chi connectivity index (χ0n) is 8.02. The van der Waals surface area contributed by atoms with E-state index in [2.05, 4.69) is 4.98 Å². The third-order valence-corrected chi connectivity index (χ3v) is 1.79. The summed E-state index contributed by atoms with van der Waals surface area (Å²) in [5, 5.41) is 9.27. The maximum atomic E-state index is 12.0. The second-order valence-corrected chi connectivity index (χ2v) is 2.97. The Bertz CT molecular complexity index is 358. The van der Waals surface area contributed by atoms with Crippen LogP contribution in [-0.2, 0) is 0 Å². The van der Waals surface area contributed by atoms with E-state index in [9.17, 15) is 18.7 Å². The van der Waals surface area contributed by atoms with Crippen LogP contribution in [0.3, 0.4) is 0 Å². The highest BCUT2D eigenvalue weighted by Gasteiger charge is 2.18. The number of hydrogen-bond acceptors (Lipinski definition) is 3. The lowest BCUT2D eigenvalue weighted by Gasteiger charge is -2.16. The molecule has 0 saturated heterocycles. The predicted octanol–water partition coefficient (Wildman–Crippen LogP) is 1.12. The van der Waals surface area contributed by atoms with Gasteiger partial charge in [-0.2, -0.15) is 0 Å². The van der Waals surface area contributed by atoms with E-state index in [-0.39, 0.29) is 11.3 Å². The zero-order valence-corrected chi connectivity index (χ0v) is 8.02. The molecule has 0 radical (unpaired) electrons. The van der Waals surface area contributed by atoms with Crippen LogP contribution in [0.25, 0.3) is 0 Å². The number of carbonyl (C=O) groups excluding carboxylic acids is 1. The molecular weight excluding hydrogens is 206 g/mol. The van der Waals surface area contributed by atoms with E-state index in [4.69, 9.17) is 0 Å². The van der Waals surface area contributed by atoms with Crippen molar-refractivity contribution in [1.82, 2.24) is 9.88 Å². The Labute approximate surface area is 85.2 Å². The van der Waals surface area contributed by atoms with Gasteiger partial charge in [0, 0.05) is 13.2 Å². The SMILES string of the molecule is CN(CC(F)F)C(=O)c1ccncc1O. The Morgan fingerprint density at radius 3 is 2.87 bits per heavy atom. The summed E-state index contributed by atoms with van der Waals surface area (Å²) in [6.45, 7) is -0.666. The molecule has 0 spiro atoms. The molecule has 0 saturated carbocycles. The Balaban J connectivity index is 2.81. The number of rotatable bonds is 3. The van der Waals surface area contributed by atoms with E-state index in [0.29, 0.717) is 0 Å². The summed E-state index contributed by atoms with van der Waals surface area (Å²) < 4.78 is 24.0. The fourth-order valence-corrected chi connectivity index (χ4v) is 1.06. The van der Waals surface area contributed by atoms with Gasteiger partial charge >= 0.3 is 0 Å². The van der Waals surface area contributed by atoms with Crippen LogP contribution in [-0.4, -0.2) is 40.9 Å². The molecule has 1 amide bonds. The van der Waals surface area contributed by atoms with E-state index >= 15 is 0 Å². The third kappa shape index (κ3) is 2.87. The second-order valence-electron chi connectivity index (χ2n) is 2.97. The van der Waals surface area contributed by atoms with Crippen LogP contribution in [0.5, 0.6) is 5.75 Å². The second kappa shape index (κ2) is 4.68.